The number of carbonyl (C=O) groups excluding carboxylic acids is 2. The van der Waals surface area contributed by atoms with E-state index in [-0.39, 0.29) is 32.6 Å². The van der Waals surface area contributed by atoms with E-state index in [1.54, 1.807) is 0 Å². The van der Waals surface area contributed by atoms with Crippen LogP contribution < -0.4 is 5.73 Å². The van der Waals surface area contributed by atoms with Gasteiger partial charge in [-0.15, -0.1) is 0 Å². The highest BCUT2D eigenvalue weighted by Gasteiger charge is 2.26. The number of carbonyl (C=O) groups is 2. The second-order valence-electron chi connectivity index (χ2n) is 23.7. The number of phosphoric ester groups is 1. The second kappa shape index (κ2) is 80.3. The van der Waals surface area contributed by atoms with Gasteiger partial charge in [-0.2, -0.15) is 0 Å². The van der Waals surface area contributed by atoms with Crippen LogP contribution in [0.15, 0.2) is 267 Å². The van der Waals surface area contributed by atoms with Crippen molar-refractivity contribution in [3.05, 3.63) is 267 Å². The van der Waals surface area contributed by atoms with Gasteiger partial charge in [-0.3, -0.25) is 18.6 Å². The molecule has 0 rings (SSSR count). The fourth-order valence-electron chi connectivity index (χ4n) is 9.11. The molecule has 0 heterocycles. The van der Waals surface area contributed by atoms with Gasteiger partial charge >= 0.3 is 19.8 Å². The first-order valence-electron chi connectivity index (χ1n) is 37.8. The molecule has 0 aromatic rings. The molecular weight excluding hydrogens is 1240 g/mol. The lowest BCUT2D eigenvalue weighted by atomic mass is 10.1. The Bertz CT molecular complexity index is 2630. The topological polar surface area (TPSA) is 134 Å². The van der Waals surface area contributed by atoms with Crippen molar-refractivity contribution < 1.29 is 37.6 Å². The quantitative estimate of drug-likeness (QED) is 0.0264. The molecule has 0 aromatic heterocycles. The van der Waals surface area contributed by atoms with Crippen LogP contribution in [-0.4, -0.2) is 49.3 Å². The van der Waals surface area contributed by atoms with E-state index in [1.807, 2.05) is 0 Å². The average Bonchev–Trinajstić information content (AvgIpc) is 1.19. The van der Waals surface area contributed by atoms with Gasteiger partial charge in [0.05, 0.1) is 13.2 Å². The Morgan fingerprint density at radius 2 is 0.525 bits per heavy atom. The van der Waals surface area contributed by atoms with Gasteiger partial charge in [0, 0.05) is 19.4 Å². The number of nitrogens with two attached hydrogens (primary N) is 1. The SMILES string of the molecule is CC/C=C\C/C=C\C/C=C\C/C=C\C/C=C\C/C=C\C/C=C\C/C=C\C/C=C\C/C=C\C/C=C\C/C=C\CCCCCCC(=O)OC(COC(=O)CCCCCCCC/C=C\C/C=C\C/C=C\C/C=C\C/C=C\C/C=C\C/C=C\C/C=C\C/C=C\C/C=C\CC)COP(=O)(O)OCCN. The molecule has 0 bridgehead atoms. The predicted molar refractivity (Wildman–Crippen MR) is 430 cm³/mol. The maximum Gasteiger partial charge on any atom is 0.472 e. The Kier molecular flexibility index (Phi) is 74.8. The Balaban J connectivity index is 4.09. The lowest BCUT2D eigenvalue weighted by molar-refractivity contribution is -0.161. The van der Waals surface area contributed by atoms with Crippen LogP contribution in [-0.2, 0) is 32.7 Å². The number of hydrogen-bond donors (Lipinski definition) is 2. The van der Waals surface area contributed by atoms with Crippen LogP contribution in [0.4, 0.5) is 0 Å². The summed E-state index contributed by atoms with van der Waals surface area (Å²) >= 11 is 0. The molecule has 0 spiro atoms. The Labute approximate surface area is 604 Å². The zero-order valence-corrected chi connectivity index (χ0v) is 62.5. The van der Waals surface area contributed by atoms with Gasteiger partial charge in [0.25, 0.3) is 0 Å². The maximum absolute atomic E-state index is 12.8. The molecule has 0 aromatic carbocycles. The van der Waals surface area contributed by atoms with Crippen molar-refractivity contribution in [3.8, 4) is 0 Å². The van der Waals surface area contributed by atoms with Crippen LogP contribution in [0.2, 0.25) is 0 Å². The number of esters is 2. The van der Waals surface area contributed by atoms with Gasteiger partial charge in [0.15, 0.2) is 6.10 Å². The van der Waals surface area contributed by atoms with Gasteiger partial charge in [0.1, 0.15) is 6.61 Å². The second-order valence-corrected chi connectivity index (χ2v) is 25.1. The highest BCUT2D eigenvalue weighted by Crippen LogP contribution is 2.43. The Morgan fingerprint density at radius 1 is 0.303 bits per heavy atom. The largest absolute Gasteiger partial charge is 0.472 e. The summed E-state index contributed by atoms with van der Waals surface area (Å²) in [7, 11) is -4.43. The third-order valence-electron chi connectivity index (χ3n) is 14.6. The van der Waals surface area contributed by atoms with Crippen molar-refractivity contribution in [1.82, 2.24) is 0 Å². The lowest BCUT2D eigenvalue weighted by Crippen LogP contribution is -2.29. The van der Waals surface area contributed by atoms with E-state index in [9.17, 15) is 19.0 Å². The zero-order valence-electron chi connectivity index (χ0n) is 61.6. The van der Waals surface area contributed by atoms with Gasteiger partial charge < -0.3 is 20.1 Å². The molecule has 2 unspecified atom stereocenters. The summed E-state index contributed by atoms with van der Waals surface area (Å²) in [5.74, 6) is -0.896. The third-order valence-corrected chi connectivity index (χ3v) is 15.6. The molecule has 548 valence electrons. The summed E-state index contributed by atoms with van der Waals surface area (Å²) in [5.41, 5.74) is 5.40. The number of phosphoric acid groups is 1. The monoisotopic (exact) mass is 1380 g/mol. The minimum absolute atomic E-state index is 0.0319. The molecule has 0 saturated carbocycles. The van der Waals surface area contributed by atoms with Crippen molar-refractivity contribution in [2.45, 2.75) is 251 Å². The molecule has 2 atom stereocenters. The smallest absolute Gasteiger partial charge is 0.462 e. The fourth-order valence-corrected chi connectivity index (χ4v) is 9.88. The van der Waals surface area contributed by atoms with Crippen molar-refractivity contribution in [3.63, 3.8) is 0 Å². The third kappa shape index (κ3) is 80.2. The van der Waals surface area contributed by atoms with E-state index in [4.69, 9.17) is 24.3 Å². The summed E-state index contributed by atoms with van der Waals surface area (Å²) in [6, 6.07) is 0. The zero-order chi connectivity index (χ0) is 71.5. The van der Waals surface area contributed by atoms with Gasteiger partial charge in [0.2, 0.25) is 0 Å². The molecule has 0 aliphatic carbocycles. The van der Waals surface area contributed by atoms with Gasteiger partial charge in [-0.1, -0.05) is 320 Å². The van der Waals surface area contributed by atoms with E-state index in [0.717, 1.165) is 205 Å². The number of hydrogen-bond acceptors (Lipinski definition) is 8. The van der Waals surface area contributed by atoms with Gasteiger partial charge in [-0.05, 0) is 180 Å². The summed E-state index contributed by atoms with van der Waals surface area (Å²) in [6.07, 6.45) is 130. The first-order valence-corrected chi connectivity index (χ1v) is 39.3. The molecule has 0 aliphatic heterocycles. The number of rotatable bonds is 67. The highest BCUT2D eigenvalue weighted by atomic mass is 31.2. The van der Waals surface area contributed by atoms with Gasteiger partial charge in [-0.25, -0.2) is 4.57 Å². The number of ether oxygens (including phenoxy) is 2. The Hall–Kier alpha value is -6.71. The first kappa shape index (κ1) is 92.3. The van der Waals surface area contributed by atoms with Crippen LogP contribution >= 0.6 is 7.82 Å². The highest BCUT2D eigenvalue weighted by molar-refractivity contribution is 7.47. The van der Waals surface area contributed by atoms with E-state index in [0.29, 0.717) is 12.8 Å². The molecule has 0 fully saturated rings. The molecule has 0 amide bonds. The van der Waals surface area contributed by atoms with Crippen molar-refractivity contribution >= 4 is 19.8 Å². The molecule has 99 heavy (non-hydrogen) atoms. The Morgan fingerprint density at radius 3 is 0.778 bits per heavy atom. The molecular formula is C89H134NO8P. The molecule has 9 nitrogen and oxygen atoms in total. The van der Waals surface area contributed by atoms with Crippen LogP contribution in [0.3, 0.4) is 0 Å². The van der Waals surface area contributed by atoms with E-state index < -0.39 is 32.5 Å². The van der Waals surface area contributed by atoms with Crippen LogP contribution in [0.1, 0.15) is 245 Å². The normalized spacial score (nSPS) is 14.4. The van der Waals surface area contributed by atoms with Crippen LogP contribution in [0.5, 0.6) is 0 Å². The molecule has 10 heteroatoms. The van der Waals surface area contributed by atoms with Crippen molar-refractivity contribution in [2.24, 2.45) is 5.73 Å². The van der Waals surface area contributed by atoms with Crippen LogP contribution in [0, 0.1) is 0 Å². The standard InChI is InChI=1S/C89H134NO8P/c1-3-5-7-9-11-13-15-17-19-21-23-25-27-29-31-33-35-37-39-41-42-43-44-46-48-50-52-54-56-58-60-62-64-66-68-70-72-74-76-78-80-82-89(92)98-87(86-97-99(93,94)96-84-83-90)85-95-88(91)81-79-77-75-73-71-69-67-65-63-61-59-57-55-53-51-49-47-45-40-38-36-34-32-30-28-26-24-22-20-18-16-14-12-10-8-6-4-2/h5-8,11-14,17-20,23-26,29-32,35-38,41-42,44-47,50-53,56-59,62-65,68,70,87H,3-4,9-10,15-16,21-22,27-28,33-34,39-40,43,48-49,54-55,60-61,66-67,69,71-86,90H2,1-2H3,(H,93,94)/b7-5-,8-6-,13-11-,14-12-,19-17-,20-18-,25-23-,26-24-,31-29-,32-30-,37-35-,38-36-,42-41-,46-44-,47-45-,52-50-,53-51-,58-56-,59-57-,64-62-,65-63-,70-68-. The van der Waals surface area contributed by atoms with E-state index in [2.05, 4.69) is 281 Å². The molecule has 0 radical (unpaired) electrons. The minimum Gasteiger partial charge on any atom is -0.462 e. The van der Waals surface area contributed by atoms with E-state index in [1.165, 1.54) is 0 Å². The summed E-state index contributed by atoms with van der Waals surface area (Å²) in [5, 5.41) is 0. The lowest BCUT2D eigenvalue weighted by Gasteiger charge is -2.19. The summed E-state index contributed by atoms with van der Waals surface area (Å²) in [4.78, 5) is 35.4. The molecule has 0 aliphatic rings. The predicted octanol–water partition coefficient (Wildman–Crippen LogP) is 25.9. The van der Waals surface area contributed by atoms with Crippen molar-refractivity contribution in [2.75, 3.05) is 26.4 Å². The average molecular weight is 1380 g/mol. The summed E-state index contributed by atoms with van der Waals surface area (Å²) < 4.78 is 33.2. The fraction of sp³-hybridized carbons (Fsp3) is 0.483. The van der Waals surface area contributed by atoms with Crippen LogP contribution in [0.25, 0.3) is 0 Å². The molecule has 3 N–H and O–H groups in total. The summed E-state index contributed by atoms with van der Waals surface area (Å²) in [6.45, 7) is 3.43. The first-order chi connectivity index (χ1) is 48.8. The number of allylic oxidation sites excluding steroid dienone is 44. The van der Waals surface area contributed by atoms with Crippen molar-refractivity contribution in [1.29, 1.82) is 0 Å². The minimum atomic E-state index is -4.43. The number of unbranched alkanes of at least 4 members (excludes halogenated alkanes) is 10. The maximum atomic E-state index is 12.8. The molecule has 0 saturated heterocycles. The van der Waals surface area contributed by atoms with E-state index >= 15 is 0 Å².